The molecule has 1 saturated carbocycles. The molecule has 170 valence electrons. The van der Waals surface area contributed by atoms with E-state index in [1.54, 1.807) is 6.20 Å². The molecule has 1 unspecified atom stereocenters. The summed E-state index contributed by atoms with van der Waals surface area (Å²) in [5, 5.41) is 4.19. The summed E-state index contributed by atoms with van der Waals surface area (Å²) in [5.41, 5.74) is 13.6. The van der Waals surface area contributed by atoms with Gasteiger partial charge in [-0.05, 0) is 85.9 Å². The van der Waals surface area contributed by atoms with Gasteiger partial charge in [0.2, 0.25) is 5.91 Å². The molecule has 3 aromatic rings. The average Bonchev–Trinajstić information content (AvgIpc) is 3.62. The normalized spacial score (nSPS) is 20.5. The maximum absolute atomic E-state index is 12.2. The first-order chi connectivity index (χ1) is 16.2. The number of nitrogens with two attached hydrogens (primary N) is 1. The monoisotopic (exact) mass is 441 g/mol. The van der Waals surface area contributed by atoms with E-state index >= 15 is 0 Å². The average molecular weight is 442 g/mol. The lowest BCUT2D eigenvalue weighted by Crippen LogP contribution is -2.27. The van der Waals surface area contributed by atoms with Crippen LogP contribution in [0.5, 0.6) is 0 Å². The van der Waals surface area contributed by atoms with Crippen LogP contribution in [-0.4, -0.2) is 35.0 Å². The third-order valence-electron chi connectivity index (χ3n) is 7.32. The van der Waals surface area contributed by atoms with Crippen molar-refractivity contribution in [3.63, 3.8) is 0 Å². The minimum Gasteiger partial charge on any atom is -0.369 e. The summed E-state index contributed by atoms with van der Waals surface area (Å²) in [4.78, 5) is 24.2. The number of carbonyl (C=O) groups is 1. The molecule has 2 aromatic heterocycles. The number of benzene rings is 1. The smallest absolute Gasteiger partial charge is 0.228 e. The van der Waals surface area contributed by atoms with Crippen molar-refractivity contribution >= 4 is 28.3 Å². The van der Waals surface area contributed by atoms with Gasteiger partial charge in [0.25, 0.3) is 0 Å². The van der Waals surface area contributed by atoms with Crippen molar-refractivity contribution in [2.45, 2.75) is 57.4 Å². The Morgan fingerprint density at radius 1 is 1.03 bits per heavy atom. The number of hydrogen-bond donors (Lipinski definition) is 2. The number of aryl methyl sites for hydroxylation is 1. The highest BCUT2D eigenvalue weighted by molar-refractivity contribution is 5.98. The molecular formula is C27H31N5O. The van der Waals surface area contributed by atoms with Crippen LogP contribution < -0.4 is 16.0 Å². The van der Waals surface area contributed by atoms with Crippen LogP contribution >= 0.6 is 0 Å². The lowest BCUT2D eigenvalue weighted by Gasteiger charge is -2.25. The van der Waals surface area contributed by atoms with Crippen molar-refractivity contribution in [1.29, 1.82) is 0 Å². The van der Waals surface area contributed by atoms with E-state index in [0.717, 1.165) is 61.8 Å². The van der Waals surface area contributed by atoms with Crippen molar-refractivity contribution in [2.24, 2.45) is 11.7 Å². The number of pyridine rings is 2. The van der Waals surface area contributed by atoms with E-state index in [0.29, 0.717) is 5.82 Å². The molecule has 1 amide bonds. The fourth-order valence-electron chi connectivity index (χ4n) is 5.36. The van der Waals surface area contributed by atoms with Crippen molar-refractivity contribution in [3.8, 4) is 11.1 Å². The number of aromatic nitrogens is 2. The molecule has 1 aromatic carbocycles. The standard InChI is InChI=1S/C27H31N5O/c28-20-11-13-32(16-20)26-21-4-2-1-3-5-23(21)30-24-9-8-18(14-22(24)26)19-10-12-29-25(15-19)31-27(33)17-6-7-17/h8-10,12,14-15,17,20H,1-7,11,13,16,28H2,(H,29,31,33). The molecule has 0 bridgehead atoms. The Hall–Kier alpha value is -2.99. The first kappa shape index (κ1) is 20.6. The molecule has 6 rings (SSSR count). The summed E-state index contributed by atoms with van der Waals surface area (Å²) >= 11 is 0. The maximum Gasteiger partial charge on any atom is 0.228 e. The largest absolute Gasteiger partial charge is 0.369 e. The highest BCUT2D eigenvalue weighted by atomic mass is 16.2. The number of hydrogen-bond acceptors (Lipinski definition) is 5. The first-order valence-corrected chi connectivity index (χ1v) is 12.4. The van der Waals surface area contributed by atoms with Gasteiger partial charge < -0.3 is 16.0 Å². The van der Waals surface area contributed by atoms with Gasteiger partial charge in [-0.3, -0.25) is 9.78 Å². The fourth-order valence-corrected chi connectivity index (χ4v) is 5.36. The van der Waals surface area contributed by atoms with Crippen LogP contribution in [0, 0.1) is 5.92 Å². The van der Waals surface area contributed by atoms with Gasteiger partial charge in [-0.25, -0.2) is 4.98 Å². The van der Waals surface area contributed by atoms with Gasteiger partial charge in [-0.2, -0.15) is 0 Å². The van der Waals surface area contributed by atoms with Gasteiger partial charge in [-0.15, -0.1) is 0 Å². The Balaban J connectivity index is 1.44. The number of rotatable bonds is 4. The highest BCUT2D eigenvalue weighted by Gasteiger charge is 2.30. The molecule has 1 saturated heterocycles. The zero-order valence-corrected chi connectivity index (χ0v) is 19.0. The lowest BCUT2D eigenvalue weighted by molar-refractivity contribution is -0.117. The molecule has 3 aliphatic rings. The van der Waals surface area contributed by atoms with E-state index < -0.39 is 0 Å². The first-order valence-electron chi connectivity index (χ1n) is 12.4. The molecule has 0 radical (unpaired) electrons. The van der Waals surface area contributed by atoms with Crippen LogP contribution in [-0.2, 0) is 17.6 Å². The Labute approximate surface area is 194 Å². The Bertz CT molecular complexity index is 1220. The SMILES string of the molecule is NC1CCN(c2c3c(nc4ccc(-c5ccnc(NC(=O)C6CC6)c5)cc24)CCCCC3)C1. The topological polar surface area (TPSA) is 84.1 Å². The van der Waals surface area contributed by atoms with Crippen molar-refractivity contribution in [3.05, 3.63) is 47.8 Å². The second-order valence-electron chi connectivity index (χ2n) is 9.87. The molecule has 2 fully saturated rings. The molecule has 6 nitrogen and oxygen atoms in total. The van der Waals surface area contributed by atoms with Crippen LogP contribution in [0.2, 0.25) is 0 Å². The Kier molecular flexibility index (Phi) is 5.25. The summed E-state index contributed by atoms with van der Waals surface area (Å²) in [7, 11) is 0. The second-order valence-corrected chi connectivity index (χ2v) is 9.87. The molecule has 3 heterocycles. The molecule has 0 spiro atoms. The van der Waals surface area contributed by atoms with Gasteiger partial charge in [0.1, 0.15) is 5.82 Å². The predicted octanol–water partition coefficient (Wildman–Crippen LogP) is 4.45. The summed E-state index contributed by atoms with van der Waals surface area (Å²) in [6.07, 6.45) is 10.6. The number of carbonyl (C=O) groups excluding carboxylic acids is 1. The van der Waals surface area contributed by atoms with Crippen molar-refractivity contribution < 1.29 is 4.79 Å². The number of fused-ring (bicyclic) bond motifs is 2. The minimum atomic E-state index is 0.0812. The van der Waals surface area contributed by atoms with E-state index in [1.807, 2.05) is 12.1 Å². The van der Waals surface area contributed by atoms with E-state index in [9.17, 15) is 4.79 Å². The Morgan fingerprint density at radius 2 is 1.88 bits per heavy atom. The molecular weight excluding hydrogens is 410 g/mol. The van der Waals surface area contributed by atoms with Crippen molar-refractivity contribution in [2.75, 3.05) is 23.3 Å². The van der Waals surface area contributed by atoms with Crippen molar-refractivity contribution in [1.82, 2.24) is 9.97 Å². The van der Waals surface area contributed by atoms with Gasteiger partial charge in [0.05, 0.1) is 11.2 Å². The van der Waals surface area contributed by atoms with E-state index in [-0.39, 0.29) is 17.9 Å². The minimum absolute atomic E-state index is 0.0812. The number of anilines is 2. The Morgan fingerprint density at radius 3 is 2.70 bits per heavy atom. The summed E-state index contributed by atoms with van der Waals surface area (Å²) in [6.45, 7) is 1.91. The number of nitrogens with one attached hydrogen (secondary N) is 1. The molecule has 33 heavy (non-hydrogen) atoms. The second kappa shape index (κ2) is 8.41. The van der Waals surface area contributed by atoms with E-state index in [2.05, 4.69) is 33.4 Å². The molecule has 3 N–H and O–H groups in total. The zero-order chi connectivity index (χ0) is 22.4. The fraction of sp³-hybridized carbons (Fsp3) is 0.444. The van der Waals surface area contributed by atoms with Crippen LogP contribution in [0.3, 0.4) is 0 Å². The van der Waals surface area contributed by atoms with Gasteiger partial charge >= 0.3 is 0 Å². The maximum atomic E-state index is 12.2. The third-order valence-corrected chi connectivity index (χ3v) is 7.32. The number of amides is 1. The van der Waals surface area contributed by atoms with Gasteiger partial charge in [-0.1, -0.05) is 12.5 Å². The third kappa shape index (κ3) is 4.08. The van der Waals surface area contributed by atoms with Gasteiger partial charge in [0.15, 0.2) is 0 Å². The number of nitrogens with zero attached hydrogens (tertiary/aromatic N) is 3. The molecule has 6 heteroatoms. The quantitative estimate of drug-likeness (QED) is 0.585. The zero-order valence-electron chi connectivity index (χ0n) is 19.0. The highest BCUT2D eigenvalue weighted by Crippen LogP contribution is 2.39. The van der Waals surface area contributed by atoms with Crippen LogP contribution in [0.4, 0.5) is 11.5 Å². The molecule has 1 atom stereocenters. The van der Waals surface area contributed by atoms with E-state index in [1.165, 1.54) is 41.6 Å². The van der Waals surface area contributed by atoms with E-state index in [4.69, 9.17) is 10.7 Å². The molecule has 1 aliphatic heterocycles. The van der Waals surface area contributed by atoms with Crippen LogP contribution in [0.1, 0.15) is 49.8 Å². The summed E-state index contributed by atoms with van der Waals surface area (Å²) in [5.74, 6) is 0.861. The molecule has 2 aliphatic carbocycles. The summed E-state index contributed by atoms with van der Waals surface area (Å²) in [6, 6.07) is 10.8. The van der Waals surface area contributed by atoms with Gasteiger partial charge in [0, 0.05) is 42.3 Å². The summed E-state index contributed by atoms with van der Waals surface area (Å²) < 4.78 is 0. The predicted molar refractivity (Wildman–Crippen MR) is 132 cm³/mol. The van der Waals surface area contributed by atoms with Crippen LogP contribution in [0.15, 0.2) is 36.5 Å². The van der Waals surface area contributed by atoms with Crippen LogP contribution in [0.25, 0.3) is 22.0 Å². The lowest BCUT2D eigenvalue weighted by atomic mass is 9.97.